The third-order valence-electron chi connectivity index (χ3n) is 3.61. The number of nitrogens with zero attached hydrogens (tertiary/aromatic N) is 2. The number of carbonyl (C=O) groups is 1. The molecule has 0 bridgehead atoms. The number of anilines is 1. The minimum atomic E-state index is -3.57. The number of benzene rings is 1. The number of rotatable bonds is 8. The Hall–Kier alpha value is -1.68. The first-order valence-electron chi connectivity index (χ1n) is 8.11. The number of thioether (sulfide) groups is 1. The van der Waals surface area contributed by atoms with Gasteiger partial charge in [-0.05, 0) is 30.3 Å². The summed E-state index contributed by atoms with van der Waals surface area (Å²) in [5, 5.41) is 3.23. The fourth-order valence-corrected chi connectivity index (χ4v) is 4.46. The maximum absolute atomic E-state index is 13.6. The molecule has 0 saturated carbocycles. The van der Waals surface area contributed by atoms with E-state index < -0.39 is 21.7 Å². The van der Waals surface area contributed by atoms with Gasteiger partial charge in [-0.25, -0.2) is 17.8 Å². The van der Waals surface area contributed by atoms with E-state index >= 15 is 0 Å². The number of amides is 1. The fraction of sp³-hybridized carbons (Fsp3) is 0.294. The summed E-state index contributed by atoms with van der Waals surface area (Å²) in [5.41, 5.74) is 0.00160. The largest absolute Gasteiger partial charge is 0.323 e. The van der Waals surface area contributed by atoms with Crippen molar-refractivity contribution in [3.63, 3.8) is 0 Å². The smallest absolute Gasteiger partial charge is 0.244 e. The summed E-state index contributed by atoms with van der Waals surface area (Å²) < 4.78 is 39.8. The normalized spacial score (nSPS) is 11.6. The number of hydrogen-bond donors (Lipinski definition) is 1. The van der Waals surface area contributed by atoms with Crippen LogP contribution in [0.15, 0.2) is 46.5 Å². The van der Waals surface area contributed by atoms with E-state index in [-0.39, 0.29) is 16.3 Å². The summed E-state index contributed by atoms with van der Waals surface area (Å²) in [7, 11) is -3.57. The predicted octanol–water partition coefficient (Wildman–Crippen LogP) is 3.64. The van der Waals surface area contributed by atoms with Gasteiger partial charge in [-0.2, -0.15) is 4.31 Å². The van der Waals surface area contributed by atoms with Crippen molar-refractivity contribution in [3.8, 4) is 0 Å². The van der Waals surface area contributed by atoms with Crippen molar-refractivity contribution < 1.29 is 17.6 Å². The molecule has 1 heterocycles. The molecule has 0 aliphatic carbocycles. The third-order valence-corrected chi connectivity index (χ3v) is 6.82. The minimum Gasteiger partial charge on any atom is -0.323 e. The highest BCUT2D eigenvalue weighted by molar-refractivity contribution is 7.99. The van der Waals surface area contributed by atoms with Crippen LogP contribution in [-0.2, 0) is 14.8 Å². The Bertz CT molecular complexity index is 904. The summed E-state index contributed by atoms with van der Waals surface area (Å²) in [6.45, 7) is 4.27. The maximum atomic E-state index is 13.6. The van der Waals surface area contributed by atoms with Crippen molar-refractivity contribution in [1.29, 1.82) is 0 Å². The van der Waals surface area contributed by atoms with E-state index in [4.69, 9.17) is 11.6 Å². The highest BCUT2D eigenvalue weighted by atomic mass is 35.5. The highest BCUT2D eigenvalue weighted by Gasteiger charge is 2.21. The highest BCUT2D eigenvalue weighted by Crippen LogP contribution is 2.22. The molecule has 1 N–H and O–H groups in total. The summed E-state index contributed by atoms with van der Waals surface area (Å²) in [6, 6.07) is 6.87. The van der Waals surface area contributed by atoms with Crippen LogP contribution in [0, 0.1) is 5.82 Å². The fourth-order valence-electron chi connectivity index (χ4n) is 2.24. The first kappa shape index (κ1) is 21.6. The molecule has 2 rings (SSSR count). The van der Waals surface area contributed by atoms with Gasteiger partial charge in [0.2, 0.25) is 15.9 Å². The van der Waals surface area contributed by atoms with Crippen LogP contribution < -0.4 is 5.32 Å². The van der Waals surface area contributed by atoms with Crippen LogP contribution in [0.1, 0.15) is 13.8 Å². The van der Waals surface area contributed by atoms with E-state index in [0.29, 0.717) is 23.1 Å². The van der Waals surface area contributed by atoms with Gasteiger partial charge in [-0.15, -0.1) is 0 Å². The van der Waals surface area contributed by atoms with Crippen molar-refractivity contribution in [2.75, 3.05) is 24.2 Å². The molecule has 0 saturated heterocycles. The summed E-state index contributed by atoms with van der Waals surface area (Å²) in [4.78, 5) is 16.2. The van der Waals surface area contributed by atoms with Crippen LogP contribution in [0.2, 0.25) is 5.02 Å². The summed E-state index contributed by atoms with van der Waals surface area (Å²) in [6.07, 6.45) is 1.27. The Morgan fingerprint density at radius 3 is 2.56 bits per heavy atom. The van der Waals surface area contributed by atoms with Crippen LogP contribution in [-0.4, -0.2) is 42.5 Å². The monoisotopic (exact) mass is 431 g/mol. The second-order valence-corrected chi connectivity index (χ2v) is 8.75. The molecule has 1 amide bonds. The molecule has 146 valence electrons. The number of pyridine rings is 1. The van der Waals surface area contributed by atoms with Gasteiger partial charge in [0.05, 0.1) is 16.5 Å². The van der Waals surface area contributed by atoms with Gasteiger partial charge in [0.1, 0.15) is 10.7 Å². The van der Waals surface area contributed by atoms with E-state index in [1.807, 2.05) is 0 Å². The number of carbonyl (C=O) groups excluding carboxylic acids is 1. The molecular weight excluding hydrogens is 413 g/mol. The molecule has 10 heteroatoms. The standard InChI is InChI=1S/C17H19ClFN3O3S2/c1-3-22(4-2)27(24,25)13-6-8-17(20-10-13)26-11-16(23)21-15-9-12(18)5-7-14(15)19/h5-10H,3-4,11H2,1-2H3,(H,21,23). The van der Waals surface area contributed by atoms with Crippen LogP contribution in [0.25, 0.3) is 0 Å². The average Bonchev–Trinajstić information content (AvgIpc) is 2.64. The quantitative estimate of drug-likeness (QED) is 0.645. The first-order chi connectivity index (χ1) is 12.8. The Balaban J connectivity index is 1.99. The van der Waals surface area contributed by atoms with Crippen molar-refractivity contribution in [3.05, 3.63) is 47.4 Å². The van der Waals surface area contributed by atoms with E-state index in [1.54, 1.807) is 13.8 Å². The predicted molar refractivity (Wildman–Crippen MR) is 105 cm³/mol. The third kappa shape index (κ3) is 5.65. The molecule has 0 unspecified atom stereocenters. The lowest BCUT2D eigenvalue weighted by Crippen LogP contribution is -2.30. The lowest BCUT2D eigenvalue weighted by Gasteiger charge is -2.18. The summed E-state index contributed by atoms with van der Waals surface area (Å²) >= 11 is 6.89. The minimum absolute atomic E-state index is 0.00160. The molecule has 0 radical (unpaired) electrons. The number of aromatic nitrogens is 1. The van der Waals surface area contributed by atoms with Gasteiger partial charge in [0, 0.05) is 24.3 Å². The average molecular weight is 432 g/mol. The number of nitrogens with one attached hydrogen (secondary N) is 1. The van der Waals surface area contributed by atoms with Gasteiger partial charge in [-0.3, -0.25) is 4.79 Å². The molecule has 0 spiro atoms. The Morgan fingerprint density at radius 2 is 1.96 bits per heavy atom. The molecule has 0 aliphatic heterocycles. The molecule has 2 aromatic rings. The molecule has 27 heavy (non-hydrogen) atoms. The molecule has 0 fully saturated rings. The first-order valence-corrected chi connectivity index (χ1v) is 10.9. The van der Waals surface area contributed by atoms with Gasteiger partial charge in [-0.1, -0.05) is 37.2 Å². The van der Waals surface area contributed by atoms with E-state index in [1.165, 1.54) is 40.8 Å². The van der Waals surface area contributed by atoms with Crippen molar-refractivity contribution in [2.45, 2.75) is 23.8 Å². The zero-order valence-corrected chi connectivity index (χ0v) is 17.2. The lowest BCUT2D eigenvalue weighted by atomic mass is 10.3. The van der Waals surface area contributed by atoms with Gasteiger partial charge < -0.3 is 5.32 Å². The van der Waals surface area contributed by atoms with Crippen LogP contribution in [0.3, 0.4) is 0 Å². The van der Waals surface area contributed by atoms with Gasteiger partial charge in [0.25, 0.3) is 0 Å². The van der Waals surface area contributed by atoms with Crippen molar-refractivity contribution in [2.24, 2.45) is 0 Å². The topological polar surface area (TPSA) is 79.4 Å². The maximum Gasteiger partial charge on any atom is 0.244 e. The van der Waals surface area contributed by atoms with Gasteiger partial charge >= 0.3 is 0 Å². The second-order valence-electron chi connectivity index (χ2n) is 5.38. The molecule has 1 aromatic carbocycles. The van der Waals surface area contributed by atoms with Crippen LogP contribution in [0.5, 0.6) is 0 Å². The van der Waals surface area contributed by atoms with Crippen molar-refractivity contribution >= 4 is 45.0 Å². The van der Waals surface area contributed by atoms with E-state index in [9.17, 15) is 17.6 Å². The molecule has 6 nitrogen and oxygen atoms in total. The Morgan fingerprint density at radius 1 is 1.26 bits per heavy atom. The molecule has 1 aromatic heterocycles. The zero-order valence-electron chi connectivity index (χ0n) is 14.8. The lowest BCUT2D eigenvalue weighted by molar-refractivity contribution is -0.113. The zero-order chi connectivity index (χ0) is 20.0. The van der Waals surface area contributed by atoms with Crippen LogP contribution in [0.4, 0.5) is 10.1 Å². The number of hydrogen-bond acceptors (Lipinski definition) is 5. The molecular formula is C17H19ClFN3O3S2. The van der Waals surface area contributed by atoms with Gasteiger partial charge in [0.15, 0.2) is 0 Å². The second kappa shape index (κ2) is 9.50. The summed E-state index contributed by atoms with van der Waals surface area (Å²) in [5.74, 6) is -1.02. The Kier molecular flexibility index (Phi) is 7.60. The van der Waals surface area contributed by atoms with E-state index in [0.717, 1.165) is 11.8 Å². The Labute approximate surface area is 167 Å². The number of sulfonamides is 1. The number of halogens is 2. The van der Waals surface area contributed by atoms with Crippen LogP contribution >= 0.6 is 23.4 Å². The van der Waals surface area contributed by atoms with Crippen molar-refractivity contribution in [1.82, 2.24) is 9.29 Å². The van der Waals surface area contributed by atoms with E-state index in [2.05, 4.69) is 10.3 Å². The SMILES string of the molecule is CCN(CC)S(=O)(=O)c1ccc(SCC(=O)Nc2cc(Cl)ccc2F)nc1. The molecule has 0 atom stereocenters. The molecule has 0 aliphatic rings.